The Morgan fingerprint density at radius 2 is 1.03 bits per heavy atom. The Balaban J connectivity index is 2.11. The maximum Gasteiger partial charge on any atom is 0.337 e. The number of carbonyl (C=O) groups is 2. The molecule has 1 aliphatic rings. The summed E-state index contributed by atoms with van der Waals surface area (Å²) in [4.78, 5) is 29.1. The minimum Gasteiger partial charge on any atom is -0.463 e. The molecular formula is C30H29NO4. The third-order valence-corrected chi connectivity index (χ3v) is 5.98. The normalized spacial score (nSPS) is 14.2. The smallest absolute Gasteiger partial charge is 0.337 e. The van der Waals surface area contributed by atoms with Crippen LogP contribution in [0, 0.1) is 0 Å². The molecule has 3 aromatic rings. The molecular weight excluding hydrogens is 438 g/mol. The van der Waals surface area contributed by atoms with E-state index in [9.17, 15) is 9.59 Å². The molecule has 0 radical (unpaired) electrons. The lowest BCUT2D eigenvalue weighted by molar-refractivity contribution is -0.139. The van der Waals surface area contributed by atoms with Crippen molar-refractivity contribution < 1.29 is 19.1 Å². The molecule has 0 N–H and O–H groups in total. The summed E-state index contributed by atoms with van der Waals surface area (Å²) in [6, 6.07) is 29.0. The van der Waals surface area contributed by atoms with Crippen molar-refractivity contribution in [3.8, 4) is 0 Å². The quantitative estimate of drug-likeness (QED) is 0.420. The molecule has 0 bridgehead atoms. The first-order valence-corrected chi connectivity index (χ1v) is 11.8. The van der Waals surface area contributed by atoms with Gasteiger partial charge in [-0.2, -0.15) is 0 Å². The van der Waals surface area contributed by atoms with Gasteiger partial charge in [0, 0.05) is 7.05 Å². The fraction of sp³-hybridized carbons (Fsp3) is 0.200. The zero-order chi connectivity index (χ0) is 24.8. The van der Waals surface area contributed by atoms with E-state index in [1.807, 2.05) is 103 Å². The van der Waals surface area contributed by atoms with Gasteiger partial charge in [-0.15, -0.1) is 0 Å². The number of hydrogen-bond donors (Lipinski definition) is 0. The number of carbonyl (C=O) groups excluding carboxylic acids is 2. The van der Waals surface area contributed by atoms with Gasteiger partial charge in [-0.1, -0.05) is 91.0 Å². The fourth-order valence-electron chi connectivity index (χ4n) is 4.61. The van der Waals surface area contributed by atoms with E-state index in [0.717, 1.165) is 16.7 Å². The van der Waals surface area contributed by atoms with E-state index >= 15 is 0 Å². The number of esters is 2. The second-order valence-corrected chi connectivity index (χ2v) is 8.10. The van der Waals surface area contributed by atoms with E-state index in [4.69, 9.17) is 9.47 Å². The Labute approximate surface area is 206 Å². The summed E-state index contributed by atoms with van der Waals surface area (Å²) < 4.78 is 11.1. The van der Waals surface area contributed by atoms with E-state index in [-0.39, 0.29) is 13.2 Å². The van der Waals surface area contributed by atoms with Gasteiger partial charge in [0.2, 0.25) is 0 Å². The molecule has 0 spiro atoms. The summed E-state index contributed by atoms with van der Waals surface area (Å²) in [6.07, 6.45) is 0. The monoisotopic (exact) mass is 467 g/mol. The minimum absolute atomic E-state index is 0.222. The van der Waals surface area contributed by atoms with Crippen LogP contribution in [-0.2, 0) is 19.1 Å². The van der Waals surface area contributed by atoms with Crippen LogP contribution in [0.4, 0.5) is 0 Å². The number of nitrogens with zero attached hydrogens (tertiary/aromatic N) is 1. The molecule has 0 amide bonds. The molecule has 0 aromatic heterocycles. The number of hydrogen-bond acceptors (Lipinski definition) is 5. The number of benzene rings is 3. The average molecular weight is 468 g/mol. The Morgan fingerprint density at radius 3 is 1.40 bits per heavy atom. The van der Waals surface area contributed by atoms with Crippen LogP contribution in [0.25, 0.3) is 11.4 Å². The molecule has 0 saturated carbocycles. The zero-order valence-corrected chi connectivity index (χ0v) is 20.2. The van der Waals surface area contributed by atoms with Crippen molar-refractivity contribution in [2.75, 3.05) is 20.3 Å². The molecule has 1 aliphatic heterocycles. The summed E-state index contributed by atoms with van der Waals surface area (Å²) in [6.45, 7) is 4.00. The fourth-order valence-corrected chi connectivity index (χ4v) is 4.61. The molecule has 178 valence electrons. The average Bonchev–Trinajstić information content (AvgIpc) is 2.89. The van der Waals surface area contributed by atoms with Gasteiger partial charge in [-0.05, 0) is 30.5 Å². The molecule has 1 heterocycles. The maximum absolute atomic E-state index is 13.6. The predicted octanol–water partition coefficient (Wildman–Crippen LogP) is 5.66. The molecule has 0 aliphatic carbocycles. The summed E-state index contributed by atoms with van der Waals surface area (Å²) in [5, 5.41) is 0. The predicted molar refractivity (Wildman–Crippen MR) is 137 cm³/mol. The van der Waals surface area contributed by atoms with Crippen LogP contribution >= 0.6 is 0 Å². The highest BCUT2D eigenvalue weighted by Gasteiger charge is 2.42. The van der Waals surface area contributed by atoms with E-state index in [2.05, 4.69) is 0 Å². The first kappa shape index (κ1) is 24.0. The van der Waals surface area contributed by atoms with Crippen LogP contribution < -0.4 is 0 Å². The number of ether oxygens (including phenoxy) is 2. The number of rotatable bonds is 7. The van der Waals surface area contributed by atoms with Crippen molar-refractivity contribution in [1.29, 1.82) is 0 Å². The molecule has 5 heteroatoms. The Bertz CT molecular complexity index is 1170. The molecule has 35 heavy (non-hydrogen) atoms. The van der Waals surface area contributed by atoms with Crippen molar-refractivity contribution in [2.24, 2.45) is 0 Å². The molecule has 5 nitrogen and oxygen atoms in total. The summed E-state index contributed by atoms with van der Waals surface area (Å²) in [5.41, 5.74) is 4.75. The summed E-state index contributed by atoms with van der Waals surface area (Å²) >= 11 is 0. The first-order chi connectivity index (χ1) is 17.1. The van der Waals surface area contributed by atoms with Gasteiger partial charge in [0.15, 0.2) is 0 Å². The molecule has 0 saturated heterocycles. The van der Waals surface area contributed by atoms with Crippen molar-refractivity contribution in [3.05, 3.63) is 119 Å². The Kier molecular flexibility index (Phi) is 7.46. The second-order valence-electron chi connectivity index (χ2n) is 8.10. The lowest BCUT2D eigenvalue weighted by atomic mass is 9.77. The largest absolute Gasteiger partial charge is 0.463 e. The summed E-state index contributed by atoms with van der Waals surface area (Å²) in [7, 11) is 1.88. The Hall–Kier alpha value is -4.12. The van der Waals surface area contributed by atoms with Crippen LogP contribution in [0.1, 0.15) is 36.5 Å². The van der Waals surface area contributed by atoms with Crippen molar-refractivity contribution in [3.63, 3.8) is 0 Å². The van der Waals surface area contributed by atoms with Gasteiger partial charge in [-0.25, -0.2) is 9.59 Å². The van der Waals surface area contributed by atoms with Gasteiger partial charge in [0.05, 0.1) is 41.7 Å². The minimum atomic E-state index is -0.670. The van der Waals surface area contributed by atoms with Crippen molar-refractivity contribution in [2.45, 2.75) is 19.8 Å². The lowest BCUT2D eigenvalue weighted by Gasteiger charge is -2.38. The Morgan fingerprint density at radius 1 is 0.657 bits per heavy atom. The van der Waals surface area contributed by atoms with Gasteiger partial charge < -0.3 is 14.4 Å². The summed E-state index contributed by atoms with van der Waals surface area (Å²) in [5.74, 6) is -1.59. The standard InChI is InChI=1S/C30H29NO4/c1-4-34-29(32)25-24(21-15-9-6-10-16-21)26(30(33)35-5-2)28(23-19-13-8-14-20-23)31(3)27(25)22-17-11-7-12-18-22/h6-20,24H,4-5H2,1-3H3. The maximum atomic E-state index is 13.6. The van der Waals surface area contributed by atoms with Gasteiger partial charge >= 0.3 is 11.9 Å². The second kappa shape index (κ2) is 10.9. The van der Waals surface area contributed by atoms with E-state index in [1.165, 1.54) is 0 Å². The van der Waals surface area contributed by atoms with Crippen molar-refractivity contribution >= 4 is 23.3 Å². The third-order valence-electron chi connectivity index (χ3n) is 5.98. The topological polar surface area (TPSA) is 55.8 Å². The highest BCUT2D eigenvalue weighted by Crippen LogP contribution is 2.48. The molecule has 0 fully saturated rings. The van der Waals surface area contributed by atoms with Crippen LogP contribution in [0.2, 0.25) is 0 Å². The zero-order valence-electron chi connectivity index (χ0n) is 20.2. The molecule has 3 aromatic carbocycles. The highest BCUT2D eigenvalue weighted by molar-refractivity contribution is 6.10. The third kappa shape index (κ3) is 4.76. The van der Waals surface area contributed by atoms with E-state index in [1.54, 1.807) is 13.8 Å². The van der Waals surface area contributed by atoms with Gasteiger partial charge in [0.1, 0.15) is 0 Å². The van der Waals surface area contributed by atoms with Crippen LogP contribution in [0.3, 0.4) is 0 Å². The van der Waals surface area contributed by atoms with E-state index < -0.39 is 17.9 Å². The van der Waals surface area contributed by atoms with Gasteiger partial charge in [-0.3, -0.25) is 0 Å². The SMILES string of the molecule is CCOC(=O)C1=C(c2ccccc2)N(C)C(c2ccccc2)=C(C(=O)OCC)C1c1ccccc1. The van der Waals surface area contributed by atoms with Crippen LogP contribution in [-0.4, -0.2) is 37.1 Å². The highest BCUT2D eigenvalue weighted by atomic mass is 16.5. The van der Waals surface area contributed by atoms with Gasteiger partial charge in [0.25, 0.3) is 0 Å². The van der Waals surface area contributed by atoms with Crippen LogP contribution in [0.15, 0.2) is 102 Å². The molecule has 4 rings (SSSR count). The molecule has 0 atom stereocenters. The molecule has 0 unspecified atom stereocenters. The first-order valence-electron chi connectivity index (χ1n) is 11.8. The van der Waals surface area contributed by atoms with Crippen LogP contribution in [0.5, 0.6) is 0 Å². The van der Waals surface area contributed by atoms with E-state index in [0.29, 0.717) is 22.5 Å². The lowest BCUT2D eigenvalue weighted by Crippen LogP contribution is -2.34. The van der Waals surface area contributed by atoms with Crippen molar-refractivity contribution in [1.82, 2.24) is 4.90 Å².